The van der Waals surface area contributed by atoms with Crippen LogP contribution in [0, 0.1) is 24.5 Å². The lowest BCUT2D eigenvalue weighted by Gasteiger charge is -2.37. The Morgan fingerprint density at radius 1 is 0.903 bits per heavy atom. The summed E-state index contributed by atoms with van der Waals surface area (Å²) in [4.78, 5) is 14.7. The van der Waals surface area contributed by atoms with Crippen molar-refractivity contribution < 1.29 is 13.6 Å². The molecular formula is C26H26F2N2O. The van der Waals surface area contributed by atoms with Crippen molar-refractivity contribution in [2.75, 3.05) is 18.4 Å². The van der Waals surface area contributed by atoms with Crippen LogP contribution in [0.3, 0.4) is 0 Å². The first-order chi connectivity index (χ1) is 15.0. The van der Waals surface area contributed by atoms with Crippen LogP contribution in [0.5, 0.6) is 0 Å². The number of benzene rings is 3. The van der Waals surface area contributed by atoms with Gasteiger partial charge in [0.15, 0.2) is 0 Å². The molecule has 1 fully saturated rings. The molecule has 0 aromatic heterocycles. The van der Waals surface area contributed by atoms with Crippen LogP contribution in [0.1, 0.15) is 35.4 Å². The topological polar surface area (TPSA) is 32.3 Å². The highest BCUT2D eigenvalue weighted by atomic mass is 19.1. The molecule has 1 saturated heterocycles. The van der Waals surface area contributed by atoms with Crippen LogP contribution in [0.25, 0.3) is 0 Å². The second kappa shape index (κ2) is 9.29. The van der Waals surface area contributed by atoms with Gasteiger partial charge in [-0.2, -0.15) is 0 Å². The summed E-state index contributed by atoms with van der Waals surface area (Å²) in [5.41, 5.74) is 3.85. The molecule has 3 nitrogen and oxygen atoms in total. The molecule has 0 radical (unpaired) electrons. The Labute approximate surface area is 181 Å². The number of hydrogen-bond acceptors (Lipinski definition) is 1. The Morgan fingerprint density at radius 3 is 2.00 bits per heavy atom. The molecule has 1 atom stereocenters. The SMILES string of the molecule is Cc1ccc(NC(=O)N2CCCC(C(c3ccc(F)cc3)c3ccc(F)cc3)C2)cc1. The maximum absolute atomic E-state index is 13.5. The smallest absolute Gasteiger partial charge is 0.321 e. The number of hydrogen-bond donors (Lipinski definition) is 1. The van der Waals surface area contributed by atoms with E-state index in [-0.39, 0.29) is 29.5 Å². The van der Waals surface area contributed by atoms with Crippen molar-refractivity contribution in [3.8, 4) is 0 Å². The van der Waals surface area contributed by atoms with Gasteiger partial charge in [0.25, 0.3) is 0 Å². The number of anilines is 1. The van der Waals surface area contributed by atoms with Crippen molar-refractivity contribution in [1.82, 2.24) is 4.90 Å². The van der Waals surface area contributed by atoms with Crippen molar-refractivity contribution in [1.29, 1.82) is 0 Å². The molecule has 0 saturated carbocycles. The fourth-order valence-electron chi connectivity index (χ4n) is 4.38. The molecular weight excluding hydrogens is 394 g/mol. The lowest BCUT2D eigenvalue weighted by atomic mass is 9.77. The molecule has 1 heterocycles. The standard InChI is InChI=1S/C26H26F2N2O/c1-18-4-14-24(15-5-18)29-26(31)30-16-2-3-21(17-30)25(19-6-10-22(27)11-7-19)20-8-12-23(28)13-9-20/h4-15,21,25H,2-3,16-17H2,1H3,(H,29,31). The van der Waals surface area contributed by atoms with E-state index >= 15 is 0 Å². The number of amides is 2. The maximum Gasteiger partial charge on any atom is 0.321 e. The van der Waals surface area contributed by atoms with Crippen LogP contribution < -0.4 is 5.32 Å². The molecule has 1 aliphatic rings. The van der Waals surface area contributed by atoms with Gasteiger partial charge < -0.3 is 10.2 Å². The van der Waals surface area contributed by atoms with Crippen LogP contribution in [0.15, 0.2) is 72.8 Å². The zero-order valence-electron chi connectivity index (χ0n) is 17.5. The summed E-state index contributed by atoms with van der Waals surface area (Å²) < 4.78 is 27.1. The molecule has 5 heteroatoms. The predicted octanol–water partition coefficient (Wildman–Crippen LogP) is 6.35. The number of rotatable bonds is 4. The average molecular weight is 421 g/mol. The predicted molar refractivity (Wildman–Crippen MR) is 119 cm³/mol. The maximum atomic E-state index is 13.5. The summed E-state index contributed by atoms with van der Waals surface area (Å²) in [6.07, 6.45) is 1.82. The van der Waals surface area contributed by atoms with E-state index in [0.29, 0.717) is 13.1 Å². The first kappa shape index (κ1) is 21.0. The molecule has 1 aliphatic heterocycles. The van der Waals surface area contributed by atoms with Crippen LogP contribution in [0.4, 0.5) is 19.3 Å². The Hall–Kier alpha value is -3.21. The number of urea groups is 1. The van der Waals surface area contributed by atoms with Gasteiger partial charge in [0.1, 0.15) is 11.6 Å². The van der Waals surface area contributed by atoms with Crippen LogP contribution >= 0.6 is 0 Å². The molecule has 4 rings (SSSR count). The molecule has 31 heavy (non-hydrogen) atoms. The number of likely N-dealkylation sites (tertiary alicyclic amines) is 1. The van der Waals surface area contributed by atoms with Crippen LogP contribution in [0.2, 0.25) is 0 Å². The Bertz CT molecular complexity index is 971. The second-order valence-electron chi connectivity index (χ2n) is 8.23. The third-order valence-electron chi connectivity index (χ3n) is 5.98. The summed E-state index contributed by atoms with van der Waals surface area (Å²) in [7, 11) is 0. The van der Waals surface area contributed by atoms with Gasteiger partial charge in [-0.3, -0.25) is 0 Å². The van der Waals surface area contributed by atoms with Gasteiger partial charge in [-0.1, -0.05) is 42.0 Å². The molecule has 160 valence electrons. The quantitative estimate of drug-likeness (QED) is 0.524. The van der Waals surface area contributed by atoms with Gasteiger partial charge in [0, 0.05) is 24.7 Å². The van der Waals surface area contributed by atoms with Crippen molar-refractivity contribution in [3.63, 3.8) is 0 Å². The number of halogens is 2. The first-order valence-corrected chi connectivity index (χ1v) is 10.6. The van der Waals surface area contributed by atoms with Crippen molar-refractivity contribution in [2.45, 2.75) is 25.7 Å². The minimum atomic E-state index is -0.288. The van der Waals surface area contributed by atoms with E-state index < -0.39 is 0 Å². The summed E-state index contributed by atoms with van der Waals surface area (Å²) in [6.45, 7) is 3.27. The molecule has 0 bridgehead atoms. The Kier molecular flexibility index (Phi) is 6.31. The van der Waals surface area contributed by atoms with E-state index in [4.69, 9.17) is 0 Å². The molecule has 2 amide bonds. The van der Waals surface area contributed by atoms with E-state index in [1.807, 2.05) is 36.1 Å². The third-order valence-corrected chi connectivity index (χ3v) is 5.98. The van der Waals surface area contributed by atoms with E-state index in [2.05, 4.69) is 5.32 Å². The highest BCUT2D eigenvalue weighted by Crippen LogP contribution is 2.37. The van der Waals surface area contributed by atoms with E-state index in [1.54, 1.807) is 24.3 Å². The molecule has 1 N–H and O–H groups in total. The zero-order valence-corrected chi connectivity index (χ0v) is 17.5. The Morgan fingerprint density at radius 2 is 1.45 bits per heavy atom. The van der Waals surface area contributed by atoms with Gasteiger partial charge in [-0.25, -0.2) is 13.6 Å². The molecule has 0 aliphatic carbocycles. The minimum absolute atomic E-state index is 0.0452. The number of carbonyl (C=O) groups is 1. The van der Waals surface area contributed by atoms with E-state index in [9.17, 15) is 13.6 Å². The molecule has 0 spiro atoms. The largest absolute Gasteiger partial charge is 0.324 e. The summed E-state index contributed by atoms with van der Waals surface area (Å²) in [6, 6.07) is 20.6. The zero-order chi connectivity index (χ0) is 21.8. The van der Waals surface area contributed by atoms with Crippen LogP contribution in [-0.4, -0.2) is 24.0 Å². The number of carbonyl (C=O) groups excluding carboxylic acids is 1. The van der Waals surface area contributed by atoms with Gasteiger partial charge in [0.2, 0.25) is 0 Å². The van der Waals surface area contributed by atoms with E-state index in [0.717, 1.165) is 35.2 Å². The second-order valence-corrected chi connectivity index (χ2v) is 8.23. The first-order valence-electron chi connectivity index (χ1n) is 10.6. The summed E-state index contributed by atoms with van der Waals surface area (Å²) in [5.74, 6) is -0.474. The highest BCUT2D eigenvalue weighted by molar-refractivity contribution is 5.89. The Balaban J connectivity index is 1.56. The van der Waals surface area contributed by atoms with Gasteiger partial charge in [-0.05, 0) is 73.2 Å². The van der Waals surface area contributed by atoms with Crippen molar-refractivity contribution in [2.24, 2.45) is 5.92 Å². The minimum Gasteiger partial charge on any atom is -0.324 e. The van der Waals surface area contributed by atoms with Gasteiger partial charge in [0.05, 0.1) is 0 Å². The van der Waals surface area contributed by atoms with Crippen molar-refractivity contribution >= 4 is 11.7 Å². The monoisotopic (exact) mass is 420 g/mol. The number of nitrogens with one attached hydrogen (secondary N) is 1. The lowest BCUT2D eigenvalue weighted by Crippen LogP contribution is -2.43. The molecule has 1 unspecified atom stereocenters. The third kappa shape index (κ3) is 5.10. The highest BCUT2D eigenvalue weighted by Gasteiger charge is 2.31. The summed E-state index contributed by atoms with van der Waals surface area (Å²) in [5, 5.41) is 2.98. The van der Waals surface area contributed by atoms with Gasteiger partial charge >= 0.3 is 6.03 Å². The van der Waals surface area contributed by atoms with Gasteiger partial charge in [-0.15, -0.1) is 0 Å². The van der Waals surface area contributed by atoms with E-state index in [1.165, 1.54) is 24.3 Å². The summed E-state index contributed by atoms with van der Waals surface area (Å²) >= 11 is 0. The number of aryl methyl sites for hydroxylation is 1. The molecule has 3 aromatic rings. The van der Waals surface area contributed by atoms with Crippen molar-refractivity contribution in [3.05, 3.63) is 101 Å². The number of piperidine rings is 1. The fourth-order valence-corrected chi connectivity index (χ4v) is 4.38. The molecule has 3 aromatic carbocycles. The fraction of sp³-hybridized carbons (Fsp3) is 0.269. The van der Waals surface area contributed by atoms with Crippen LogP contribution in [-0.2, 0) is 0 Å². The average Bonchev–Trinajstić information content (AvgIpc) is 2.78. The lowest BCUT2D eigenvalue weighted by molar-refractivity contribution is 0.171. The normalized spacial score (nSPS) is 16.4. The number of nitrogens with zero attached hydrogens (tertiary/aromatic N) is 1.